The summed E-state index contributed by atoms with van der Waals surface area (Å²) in [5, 5.41) is 2.89. The number of anilines is 1. The summed E-state index contributed by atoms with van der Waals surface area (Å²) in [7, 11) is 1.58. The molecule has 0 radical (unpaired) electrons. The predicted octanol–water partition coefficient (Wildman–Crippen LogP) is 1.57. The van der Waals surface area contributed by atoms with E-state index >= 15 is 0 Å². The summed E-state index contributed by atoms with van der Waals surface area (Å²) >= 11 is 0. The Bertz CT molecular complexity index is 906. The van der Waals surface area contributed by atoms with Crippen LogP contribution in [0.1, 0.15) is 39.2 Å². The second-order valence-electron chi connectivity index (χ2n) is 8.74. The van der Waals surface area contributed by atoms with Gasteiger partial charge in [0.1, 0.15) is 11.5 Å². The zero-order chi connectivity index (χ0) is 22.2. The number of likely N-dealkylation sites (tertiary alicyclic amines) is 1. The number of carbonyl (C=O) groups is 3. The number of likely N-dealkylation sites (N-methyl/N-ethyl adjacent to an activating group) is 1. The molecule has 1 spiro atoms. The molecule has 1 saturated heterocycles. The van der Waals surface area contributed by atoms with Crippen molar-refractivity contribution in [2.75, 3.05) is 18.9 Å². The summed E-state index contributed by atoms with van der Waals surface area (Å²) < 4.78 is 0. The number of fused-ring (bicyclic) bond motifs is 2. The lowest BCUT2D eigenvalue weighted by atomic mass is 9.80. The van der Waals surface area contributed by atoms with E-state index in [0.717, 1.165) is 11.3 Å². The minimum Gasteiger partial charge on any atom is -0.332 e. The molecule has 4 atom stereocenters. The Morgan fingerprint density at radius 2 is 2.03 bits per heavy atom. The Morgan fingerprint density at radius 1 is 1.37 bits per heavy atom. The molecule has 0 aliphatic carbocycles. The molecule has 2 aliphatic rings. The normalized spacial score (nSPS) is 24.4. The second kappa shape index (κ2) is 8.07. The van der Waals surface area contributed by atoms with E-state index in [2.05, 4.69) is 10.2 Å². The van der Waals surface area contributed by atoms with Crippen molar-refractivity contribution >= 4 is 23.4 Å². The van der Waals surface area contributed by atoms with Crippen LogP contribution in [0.2, 0.25) is 0 Å². The maximum Gasteiger partial charge on any atom is 0.302 e. The van der Waals surface area contributed by atoms with Crippen molar-refractivity contribution in [3.05, 3.63) is 41.2 Å². The van der Waals surface area contributed by atoms with Crippen LogP contribution in [0.4, 0.5) is 5.69 Å². The number of carbonyl (C=O) groups excluding carboxylic acids is 3. The number of nitrogens with two attached hydrogens (primary N) is 1. The predicted molar refractivity (Wildman–Crippen MR) is 113 cm³/mol. The van der Waals surface area contributed by atoms with Gasteiger partial charge in [0.2, 0.25) is 11.8 Å². The molecule has 1 aromatic rings. The van der Waals surface area contributed by atoms with E-state index in [1.165, 1.54) is 9.80 Å². The van der Waals surface area contributed by atoms with Crippen molar-refractivity contribution in [2.24, 2.45) is 11.7 Å². The monoisotopic (exact) mass is 411 g/mol. The molecule has 1 aromatic carbocycles. The number of hydrogen-bond donors (Lipinski definition) is 2. The first-order valence-corrected chi connectivity index (χ1v) is 10.2. The van der Waals surface area contributed by atoms with Gasteiger partial charge in [0, 0.05) is 19.3 Å². The zero-order valence-electron chi connectivity index (χ0n) is 17.9. The summed E-state index contributed by atoms with van der Waals surface area (Å²) in [6, 6.07) is 5.94. The number of amides is 3. The molecule has 3 amide bonds. The van der Waals surface area contributed by atoms with Crippen LogP contribution in [0.15, 0.2) is 24.3 Å². The fourth-order valence-electron chi connectivity index (χ4n) is 4.49. The van der Waals surface area contributed by atoms with Crippen LogP contribution in [-0.4, -0.2) is 59.4 Å². The summed E-state index contributed by atoms with van der Waals surface area (Å²) in [5.74, 6) is -0.671. The van der Waals surface area contributed by atoms with Crippen molar-refractivity contribution in [1.82, 2.24) is 9.80 Å². The molecule has 0 unspecified atom stereocenters. The van der Waals surface area contributed by atoms with E-state index in [1.807, 2.05) is 38.1 Å². The van der Waals surface area contributed by atoms with Gasteiger partial charge in [0.05, 0.1) is 12.5 Å². The number of rotatable bonds is 5. The van der Waals surface area contributed by atoms with Crippen molar-refractivity contribution in [2.45, 2.75) is 57.3 Å². The van der Waals surface area contributed by atoms with Gasteiger partial charge in [-0.2, -0.15) is 0 Å². The molecule has 8 nitrogen and oxygen atoms in total. The third-order valence-electron chi connectivity index (χ3n) is 6.07. The number of nitrogens with one attached hydrogen (secondary N) is 1. The molecule has 8 heteroatoms. The third kappa shape index (κ3) is 3.54. The number of para-hydroxylation sites is 1. The standard InChI is InChI=1S/C22H29N5O3/c1-13(2)10-17(26(5)19(28)14(3)23)20(29)27-12-22(11-18(27)24-4)15-8-6-7-9-16(15)25-21(22)30/h6-9,13-14,17-18H,10-12,23H2,1-3,5H3,(H,25,30)/t14-,17-,18-,22-/m0/s1. The molecule has 2 heterocycles. The van der Waals surface area contributed by atoms with E-state index in [4.69, 9.17) is 12.3 Å². The molecule has 3 N–H and O–H groups in total. The lowest BCUT2D eigenvalue weighted by Crippen LogP contribution is -2.54. The summed E-state index contributed by atoms with van der Waals surface area (Å²) in [5.41, 5.74) is 6.37. The maximum atomic E-state index is 13.6. The van der Waals surface area contributed by atoms with Gasteiger partial charge in [-0.15, -0.1) is 0 Å². The van der Waals surface area contributed by atoms with Crippen molar-refractivity contribution < 1.29 is 14.4 Å². The van der Waals surface area contributed by atoms with Gasteiger partial charge in [0.15, 0.2) is 0 Å². The quantitative estimate of drug-likeness (QED) is 0.719. The van der Waals surface area contributed by atoms with E-state index in [0.29, 0.717) is 6.42 Å². The van der Waals surface area contributed by atoms with Crippen LogP contribution in [-0.2, 0) is 19.8 Å². The minimum atomic E-state index is -0.937. The SMILES string of the molecule is [C-]#[N+][C@@H]1C[C@@]2(CN1C(=O)[C@H](CC(C)C)N(C)C(=O)[C@H](C)N)C(=O)Nc1ccccc12. The van der Waals surface area contributed by atoms with Gasteiger partial charge in [-0.3, -0.25) is 24.1 Å². The second-order valence-corrected chi connectivity index (χ2v) is 8.74. The van der Waals surface area contributed by atoms with E-state index in [9.17, 15) is 14.4 Å². The molecule has 0 aromatic heterocycles. The molecule has 2 aliphatic heterocycles. The van der Waals surface area contributed by atoms with E-state index in [1.54, 1.807) is 14.0 Å². The first kappa shape index (κ1) is 21.8. The van der Waals surface area contributed by atoms with Crippen LogP contribution in [0, 0.1) is 12.5 Å². The Hall–Kier alpha value is -2.92. The summed E-state index contributed by atoms with van der Waals surface area (Å²) in [6.45, 7) is 13.3. The fourth-order valence-corrected chi connectivity index (χ4v) is 4.49. The molecule has 160 valence electrons. The lowest BCUT2D eigenvalue weighted by Gasteiger charge is -2.33. The van der Waals surface area contributed by atoms with Gasteiger partial charge in [-0.25, -0.2) is 6.57 Å². The Labute approximate surface area is 177 Å². The van der Waals surface area contributed by atoms with Crippen molar-refractivity contribution in [3.63, 3.8) is 0 Å². The fraction of sp³-hybridized carbons (Fsp3) is 0.545. The highest BCUT2D eigenvalue weighted by atomic mass is 16.2. The van der Waals surface area contributed by atoms with Gasteiger partial charge >= 0.3 is 6.17 Å². The molecular formula is C22H29N5O3. The molecule has 3 rings (SSSR count). The average Bonchev–Trinajstić information content (AvgIpc) is 3.23. The molecule has 1 fully saturated rings. The largest absolute Gasteiger partial charge is 0.332 e. The van der Waals surface area contributed by atoms with Crippen molar-refractivity contribution in [3.8, 4) is 0 Å². The Balaban J connectivity index is 1.95. The van der Waals surface area contributed by atoms with E-state index in [-0.39, 0.29) is 36.6 Å². The molecule has 0 saturated carbocycles. The van der Waals surface area contributed by atoms with Crippen LogP contribution in [0.3, 0.4) is 0 Å². The maximum absolute atomic E-state index is 13.6. The molecule has 30 heavy (non-hydrogen) atoms. The van der Waals surface area contributed by atoms with Gasteiger partial charge in [-0.05, 0) is 30.9 Å². The summed E-state index contributed by atoms with van der Waals surface area (Å²) in [4.78, 5) is 45.6. The van der Waals surface area contributed by atoms with Gasteiger partial charge in [0.25, 0.3) is 5.91 Å². The van der Waals surface area contributed by atoms with Crippen LogP contribution < -0.4 is 11.1 Å². The zero-order valence-corrected chi connectivity index (χ0v) is 17.9. The first-order chi connectivity index (χ1) is 14.1. The third-order valence-corrected chi connectivity index (χ3v) is 6.07. The average molecular weight is 412 g/mol. The lowest BCUT2D eigenvalue weighted by molar-refractivity contribution is -0.146. The Morgan fingerprint density at radius 3 is 2.63 bits per heavy atom. The van der Waals surface area contributed by atoms with Gasteiger partial charge < -0.3 is 16.0 Å². The van der Waals surface area contributed by atoms with Crippen LogP contribution in [0.25, 0.3) is 4.85 Å². The van der Waals surface area contributed by atoms with Crippen molar-refractivity contribution in [1.29, 1.82) is 0 Å². The highest BCUT2D eigenvalue weighted by Gasteiger charge is 2.59. The summed E-state index contributed by atoms with van der Waals surface area (Å²) in [6.07, 6.45) is -0.0715. The number of hydrogen-bond acceptors (Lipinski definition) is 4. The topological polar surface area (TPSA) is 100 Å². The van der Waals surface area contributed by atoms with E-state index < -0.39 is 23.7 Å². The highest BCUT2D eigenvalue weighted by molar-refractivity contribution is 6.07. The van der Waals surface area contributed by atoms with Crippen LogP contribution in [0.5, 0.6) is 0 Å². The molecular weight excluding hydrogens is 382 g/mol. The highest BCUT2D eigenvalue weighted by Crippen LogP contribution is 2.46. The Kier molecular flexibility index (Phi) is 5.86. The molecule has 0 bridgehead atoms. The first-order valence-electron chi connectivity index (χ1n) is 10.2. The van der Waals surface area contributed by atoms with Gasteiger partial charge in [-0.1, -0.05) is 32.0 Å². The number of benzene rings is 1. The van der Waals surface area contributed by atoms with Crippen LogP contribution >= 0.6 is 0 Å². The smallest absolute Gasteiger partial charge is 0.302 e. The number of nitrogens with zero attached hydrogens (tertiary/aromatic N) is 3. The minimum absolute atomic E-state index is 0.122.